The van der Waals surface area contributed by atoms with E-state index < -0.39 is 0 Å². The number of nitrogens with one attached hydrogen (secondary N) is 1. The number of hydrogen-bond donors (Lipinski definition) is 1. The van der Waals surface area contributed by atoms with Crippen molar-refractivity contribution in [3.63, 3.8) is 0 Å². The minimum atomic E-state index is 0.0225. The van der Waals surface area contributed by atoms with Crippen LogP contribution in [0.5, 0.6) is 0 Å². The summed E-state index contributed by atoms with van der Waals surface area (Å²) in [5.41, 5.74) is 0. The zero-order chi connectivity index (χ0) is 14.7. The van der Waals surface area contributed by atoms with Crippen LogP contribution in [0.1, 0.15) is 32.1 Å². The number of hydrogen-bond acceptors (Lipinski definition) is 3. The van der Waals surface area contributed by atoms with E-state index in [2.05, 4.69) is 5.32 Å². The molecule has 3 fully saturated rings. The molecule has 0 aromatic heterocycles. The first-order chi connectivity index (χ1) is 10.2. The highest BCUT2D eigenvalue weighted by Gasteiger charge is 2.30. The molecule has 6 heteroatoms. The summed E-state index contributed by atoms with van der Waals surface area (Å²) in [6.45, 7) is 4.55. The van der Waals surface area contributed by atoms with Crippen LogP contribution in [0.15, 0.2) is 0 Å². The molecule has 3 aliphatic rings. The Labute approximate surface area is 125 Å². The van der Waals surface area contributed by atoms with E-state index in [0.717, 1.165) is 58.3 Å². The van der Waals surface area contributed by atoms with Crippen LogP contribution in [-0.2, 0) is 9.53 Å². The summed E-state index contributed by atoms with van der Waals surface area (Å²) in [4.78, 5) is 28.2. The molecule has 0 saturated carbocycles. The predicted molar refractivity (Wildman–Crippen MR) is 77.9 cm³/mol. The van der Waals surface area contributed by atoms with Crippen LogP contribution in [0, 0.1) is 5.92 Å². The molecule has 0 unspecified atom stereocenters. The van der Waals surface area contributed by atoms with E-state index in [0.29, 0.717) is 13.2 Å². The number of ether oxygens (including phenoxy) is 1. The van der Waals surface area contributed by atoms with Gasteiger partial charge >= 0.3 is 6.03 Å². The molecule has 0 aliphatic carbocycles. The van der Waals surface area contributed by atoms with Crippen molar-refractivity contribution >= 4 is 11.9 Å². The van der Waals surface area contributed by atoms with E-state index in [1.54, 1.807) is 0 Å². The molecule has 0 aromatic rings. The average Bonchev–Trinajstić information content (AvgIpc) is 3.20. The van der Waals surface area contributed by atoms with E-state index in [1.807, 2.05) is 9.80 Å². The number of carbonyl (C=O) groups excluding carboxylic acids is 2. The van der Waals surface area contributed by atoms with Gasteiger partial charge in [0, 0.05) is 38.8 Å². The predicted octanol–water partition coefficient (Wildman–Crippen LogP) is 0.819. The third-order valence-electron chi connectivity index (χ3n) is 4.79. The molecule has 3 saturated heterocycles. The van der Waals surface area contributed by atoms with Gasteiger partial charge in [-0.15, -0.1) is 0 Å². The molecule has 21 heavy (non-hydrogen) atoms. The van der Waals surface area contributed by atoms with Crippen molar-refractivity contribution < 1.29 is 14.3 Å². The minimum Gasteiger partial charge on any atom is -0.381 e. The Morgan fingerprint density at radius 2 is 1.62 bits per heavy atom. The van der Waals surface area contributed by atoms with E-state index in [1.165, 1.54) is 0 Å². The molecule has 0 spiro atoms. The molecule has 6 nitrogen and oxygen atoms in total. The number of likely N-dealkylation sites (tertiary alicyclic amines) is 2. The van der Waals surface area contributed by atoms with Crippen LogP contribution in [0.4, 0.5) is 4.79 Å². The Kier molecular flexibility index (Phi) is 4.63. The second kappa shape index (κ2) is 6.64. The standard InChI is InChI=1S/C15H25N3O3/c19-14(12-5-10-21-11-12)16-13-3-8-18(9-4-13)15(20)17-6-1-2-7-17/h12-13H,1-11H2,(H,16,19)/t12-/m1/s1. The van der Waals surface area contributed by atoms with Crippen molar-refractivity contribution in [1.82, 2.24) is 15.1 Å². The Balaban J connectivity index is 1.42. The summed E-state index contributed by atoms with van der Waals surface area (Å²) in [6, 6.07) is 0.391. The van der Waals surface area contributed by atoms with Crippen LogP contribution in [0.2, 0.25) is 0 Å². The van der Waals surface area contributed by atoms with Crippen molar-refractivity contribution in [1.29, 1.82) is 0 Å². The number of rotatable bonds is 2. The molecule has 1 N–H and O–H groups in total. The van der Waals surface area contributed by atoms with Crippen molar-refractivity contribution in [2.75, 3.05) is 39.4 Å². The maximum absolute atomic E-state index is 12.3. The SMILES string of the molecule is O=C(NC1CCN(C(=O)N2CCCC2)CC1)[C@@H]1CCOC1. The Morgan fingerprint density at radius 1 is 0.952 bits per heavy atom. The molecule has 3 rings (SSSR count). The average molecular weight is 295 g/mol. The zero-order valence-corrected chi connectivity index (χ0v) is 12.6. The first-order valence-corrected chi connectivity index (χ1v) is 8.16. The molecule has 0 radical (unpaired) electrons. The summed E-state index contributed by atoms with van der Waals surface area (Å²) in [5.74, 6) is 0.145. The third kappa shape index (κ3) is 3.48. The van der Waals surface area contributed by atoms with Gasteiger partial charge in [0.2, 0.25) is 5.91 Å². The highest BCUT2D eigenvalue weighted by Crippen LogP contribution is 2.17. The molecule has 3 aliphatic heterocycles. The third-order valence-corrected chi connectivity index (χ3v) is 4.79. The topological polar surface area (TPSA) is 61.9 Å². The Morgan fingerprint density at radius 3 is 2.24 bits per heavy atom. The highest BCUT2D eigenvalue weighted by atomic mass is 16.5. The molecule has 3 amide bonds. The molecule has 0 aromatic carbocycles. The summed E-state index contributed by atoms with van der Waals surface area (Å²) in [5, 5.41) is 3.12. The van der Waals surface area contributed by atoms with Gasteiger partial charge < -0.3 is 19.9 Å². The van der Waals surface area contributed by atoms with Gasteiger partial charge in [0.1, 0.15) is 0 Å². The van der Waals surface area contributed by atoms with E-state index in [4.69, 9.17) is 4.74 Å². The second-order valence-corrected chi connectivity index (χ2v) is 6.31. The van der Waals surface area contributed by atoms with Gasteiger partial charge in [-0.3, -0.25) is 4.79 Å². The van der Waals surface area contributed by atoms with E-state index >= 15 is 0 Å². The largest absolute Gasteiger partial charge is 0.381 e. The highest BCUT2D eigenvalue weighted by molar-refractivity contribution is 5.79. The van der Waals surface area contributed by atoms with Crippen molar-refractivity contribution in [2.45, 2.75) is 38.1 Å². The maximum Gasteiger partial charge on any atom is 0.319 e. The fourth-order valence-corrected chi connectivity index (χ4v) is 3.38. The van der Waals surface area contributed by atoms with Gasteiger partial charge in [-0.25, -0.2) is 4.79 Å². The van der Waals surface area contributed by atoms with Crippen molar-refractivity contribution in [2.24, 2.45) is 5.92 Å². The molecule has 3 heterocycles. The summed E-state index contributed by atoms with van der Waals surface area (Å²) >= 11 is 0. The Hall–Kier alpha value is -1.30. The van der Waals surface area contributed by atoms with Gasteiger partial charge in [0.25, 0.3) is 0 Å². The lowest BCUT2D eigenvalue weighted by Crippen LogP contribution is -2.50. The molecule has 0 bridgehead atoms. The van der Waals surface area contributed by atoms with E-state index in [9.17, 15) is 9.59 Å². The number of nitrogens with zero attached hydrogens (tertiary/aromatic N) is 2. The summed E-state index contributed by atoms with van der Waals surface area (Å²) in [6.07, 6.45) is 4.80. The van der Waals surface area contributed by atoms with Crippen LogP contribution < -0.4 is 5.32 Å². The fourth-order valence-electron chi connectivity index (χ4n) is 3.38. The number of amides is 3. The van der Waals surface area contributed by atoms with Crippen molar-refractivity contribution in [3.05, 3.63) is 0 Å². The normalized spacial score (nSPS) is 27.1. The van der Waals surface area contributed by atoms with E-state index in [-0.39, 0.29) is 23.9 Å². The van der Waals surface area contributed by atoms with Crippen LogP contribution in [0.3, 0.4) is 0 Å². The van der Waals surface area contributed by atoms with Crippen LogP contribution >= 0.6 is 0 Å². The molecule has 1 atom stereocenters. The lowest BCUT2D eigenvalue weighted by molar-refractivity contribution is -0.125. The monoisotopic (exact) mass is 295 g/mol. The minimum absolute atomic E-state index is 0.0225. The van der Waals surface area contributed by atoms with Gasteiger partial charge in [-0.05, 0) is 32.1 Å². The first kappa shape index (κ1) is 14.6. The number of urea groups is 1. The number of carbonyl (C=O) groups is 2. The van der Waals surface area contributed by atoms with Crippen molar-refractivity contribution in [3.8, 4) is 0 Å². The van der Waals surface area contributed by atoms with Gasteiger partial charge in [-0.1, -0.05) is 0 Å². The van der Waals surface area contributed by atoms with Crippen LogP contribution in [0.25, 0.3) is 0 Å². The quantitative estimate of drug-likeness (QED) is 0.820. The van der Waals surface area contributed by atoms with Gasteiger partial charge in [0.15, 0.2) is 0 Å². The summed E-state index contributed by atoms with van der Waals surface area (Å²) < 4.78 is 5.25. The molecular formula is C15H25N3O3. The maximum atomic E-state index is 12.3. The molecular weight excluding hydrogens is 270 g/mol. The smallest absolute Gasteiger partial charge is 0.319 e. The summed E-state index contributed by atoms with van der Waals surface area (Å²) in [7, 11) is 0. The van der Waals surface area contributed by atoms with Gasteiger partial charge in [0.05, 0.1) is 12.5 Å². The lowest BCUT2D eigenvalue weighted by atomic mass is 10.0. The first-order valence-electron chi connectivity index (χ1n) is 8.16. The van der Waals surface area contributed by atoms with Gasteiger partial charge in [-0.2, -0.15) is 0 Å². The molecule has 118 valence electrons. The second-order valence-electron chi connectivity index (χ2n) is 6.31. The number of piperidine rings is 1. The zero-order valence-electron chi connectivity index (χ0n) is 12.6. The lowest BCUT2D eigenvalue weighted by Gasteiger charge is -2.35. The Bertz CT molecular complexity index is 382. The van der Waals surface area contributed by atoms with Crippen LogP contribution in [-0.4, -0.2) is 67.2 Å². The fraction of sp³-hybridized carbons (Fsp3) is 0.867.